The summed E-state index contributed by atoms with van der Waals surface area (Å²) in [6.45, 7) is 1.99. The summed E-state index contributed by atoms with van der Waals surface area (Å²) in [7, 11) is 0. The van der Waals surface area contributed by atoms with E-state index < -0.39 is 0 Å². The summed E-state index contributed by atoms with van der Waals surface area (Å²) in [5.41, 5.74) is 8.97. The zero-order valence-corrected chi connectivity index (χ0v) is 10.4. The first-order valence-corrected chi connectivity index (χ1v) is 5.85. The van der Waals surface area contributed by atoms with Gasteiger partial charge in [0.05, 0.1) is 0 Å². The van der Waals surface area contributed by atoms with Gasteiger partial charge in [0.2, 0.25) is 5.82 Å². The number of aromatic nitrogens is 3. The van der Waals surface area contributed by atoms with E-state index in [1.807, 2.05) is 31.2 Å². The van der Waals surface area contributed by atoms with Crippen molar-refractivity contribution in [2.75, 3.05) is 5.73 Å². The predicted molar refractivity (Wildman–Crippen MR) is 72.1 cm³/mol. The molecular weight excluding hydrogens is 240 g/mol. The summed E-state index contributed by atoms with van der Waals surface area (Å²) in [6, 6.07) is 11.1. The van der Waals surface area contributed by atoms with E-state index in [-0.39, 0.29) is 0 Å². The molecule has 2 aromatic heterocycles. The van der Waals surface area contributed by atoms with E-state index in [1.165, 1.54) is 0 Å². The number of hydrogen-bond acceptors (Lipinski definition) is 5. The summed E-state index contributed by atoms with van der Waals surface area (Å²) in [6.07, 6.45) is 1.73. The molecule has 3 rings (SSSR count). The minimum Gasteiger partial charge on any atom is -0.399 e. The molecule has 2 heterocycles. The first-order valence-electron chi connectivity index (χ1n) is 5.85. The molecule has 0 saturated heterocycles. The van der Waals surface area contributed by atoms with Crippen LogP contribution in [0.2, 0.25) is 0 Å². The van der Waals surface area contributed by atoms with Gasteiger partial charge >= 0.3 is 0 Å². The maximum Gasteiger partial charge on any atom is 0.258 e. The number of anilines is 1. The van der Waals surface area contributed by atoms with Crippen molar-refractivity contribution in [3.63, 3.8) is 0 Å². The van der Waals surface area contributed by atoms with Gasteiger partial charge in [0.25, 0.3) is 5.89 Å². The van der Waals surface area contributed by atoms with Crippen molar-refractivity contribution < 1.29 is 4.52 Å². The predicted octanol–water partition coefficient (Wildman–Crippen LogP) is 2.69. The Labute approximate surface area is 110 Å². The molecule has 1 aromatic carbocycles. The van der Waals surface area contributed by atoms with Crippen molar-refractivity contribution in [1.29, 1.82) is 0 Å². The van der Waals surface area contributed by atoms with Gasteiger partial charge in [0.1, 0.15) is 5.69 Å². The molecule has 3 aromatic rings. The molecule has 19 heavy (non-hydrogen) atoms. The van der Waals surface area contributed by atoms with Crippen LogP contribution in [0, 0.1) is 6.92 Å². The number of nitrogens with two attached hydrogens (primary N) is 1. The van der Waals surface area contributed by atoms with Crippen LogP contribution in [0.4, 0.5) is 5.69 Å². The molecule has 0 aliphatic heterocycles. The largest absolute Gasteiger partial charge is 0.399 e. The molecule has 0 aliphatic rings. The molecule has 0 saturated carbocycles. The van der Waals surface area contributed by atoms with E-state index in [0.29, 0.717) is 23.1 Å². The molecule has 2 N–H and O–H groups in total. The second-order valence-electron chi connectivity index (χ2n) is 4.26. The number of pyridine rings is 1. The highest BCUT2D eigenvalue weighted by Crippen LogP contribution is 2.22. The fraction of sp³-hybridized carbons (Fsp3) is 0.0714. The van der Waals surface area contributed by atoms with E-state index in [4.69, 9.17) is 10.3 Å². The number of aryl methyl sites for hydroxylation is 1. The van der Waals surface area contributed by atoms with Gasteiger partial charge in [-0.2, -0.15) is 4.98 Å². The first kappa shape index (κ1) is 11.4. The maximum atomic E-state index is 5.64. The van der Waals surface area contributed by atoms with Crippen LogP contribution in [0.25, 0.3) is 23.0 Å². The lowest BCUT2D eigenvalue weighted by Gasteiger charge is -1.95. The third-order valence-corrected chi connectivity index (χ3v) is 2.73. The first-order chi connectivity index (χ1) is 9.22. The zero-order valence-electron chi connectivity index (χ0n) is 10.4. The fourth-order valence-corrected chi connectivity index (χ4v) is 1.73. The third kappa shape index (κ3) is 2.30. The average molecular weight is 252 g/mol. The smallest absolute Gasteiger partial charge is 0.258 e. The van der Waals surface area contributed by atoms with Crippen LogP contribution >= 0.6 is 0 Å². The van der Waals surface area contributed by atoms with Crippen LogP contribution < -0.4 is 5.73 Å². The number of hydrogen-bond donors (Lipinski definition) is 1. The lowest BCUT2D eigenvalue weighted by molar-refractivity contribution is 0.432. The topological polar surface area (TPSA) is 77.8 Å². The number of nitrogens with zero attached hydrogens (tertiary/aromatic N) is 3. The highest BCUT2D eigenvalue weighted by Gasteiger charge is 2.11. The Morgan fingerprint density at radius 1 is 1.11 bits per heavy atom. The lowest BCUT2D eigenvalue weighted by Crippen LogP contribution is -1.87. The Kier molecular flexibility index (Phi) is 2.72. The second-order valence-corrected chi connectivity index (χ2v) is 4.26. The summed E-state index contributed by atoms with van der Waals surface area (Å²) in [5.74, 6) is 0.939. The molecule has 0 radical (unpaired) electrons. The van der Waals surface area contributed by atoms with Crippen molar-refractivity contribution in [2.24, 2.45) is 0 Å². The Morgan fingerprint density at radius 3 is 2.63 bits per heavy atom. The molecule has 94 valence electrons. The van der Waals surface area contributed by atoms with Crippen LogP contribution in [-0.4, -0.2) is 15.1 Å². The Morgan fingerprint density at radius 2 is 1.89 bits per heavy atom. The molecular formula is C14H12N4O. The summed E-state index contributed by atoms with van der Waals surface area (Å²) >= 11 is 0. The summed E-state index contributed by atoms with van der Waals surface area (Å²) < 4.78 is 5.24. The standard InChI is InChI=1S/C14H12N4O/c1-9-6-7-16-12(8-9)13-17-14(19-18-13)10-2-4-11(15)5-3-10/h2-8H,15H2,1H3. The normalized spacial score (nSPS) is 10.6. The molecule has 0 bridgehead atoms. The summed E-state index contributed by atoms with van der Waals surface area (Å²) in [5, 5.41) is 3.95. The molecule has 0 fully saturated rings. The van der Waals surface area contributed by atoms with E-state index in [9.17, 15) is 0 Å². The van der Waals surface area contributed by atoms with Crippen LogP contribution in [0.5, 0.6) is 0 Å². The van der Waals surface area contributed by atoms with Crippen molar-refractivity contribution in [3.05, 3.63) is 48.2 Å². The highest BCUT2D eigenvalue weighted by atomic mass is 16.5. The van der Waals surface area contributed by atoms with Gasteiger partial charge in [-0.25, -0.2) is 0 Å². The molecule has 5 heteroatoms. The van der Waals surface area contributed by atoms with Crippen molar-refractivity contribution in [1.82, 2.24) is 15.1 Å². The highest BCUT2D eigenvalue weighted by molar-refractivity contribution is 5.59. The Hall–Kier alpha value is -2.69. The molecule has 0 aliphatic carbocycles. The van der Waals surface area contributed by atoms with Gasteiger partial charge in [-0.3, -0.25) is 4.98 Å². The van der Waals surface area contributed by atoms with E-state index in [0.717, 1.165) is 11.1 Å². The van der Waals surface area contributed by atoms with Gasteiger partial charge in [-0.1, -0.05) is 5.16 Å². The van der Waals surface area contributed by atoms with Crippen LogP contribution in [0.1, 0.15) is 5.56 Å². The Bertz CT molecular complexity index is 703. The molecule has 0 atom stereocenters. The van der Waals surface area contributed by atoms with Gasteiger partial charge in [-0.05, 0) is 48.9 Å². The molecule has 0 spiro atoms. The minimum atomic E-state index is 0.457. The minimum absolute atomic E-state index is 0.457. The van der Waals surface area contributed by atoms with Gasteiger partial charge < -0.3 is 10.3 Å². The quantitative estimate of drug-likeness (QED) is 0.709. The number of benzene rings is 1. The molecule has 0 amide bonds. The monoisotopic (exact) mass is 252 g/mol. The second kappa shape index (κ2) is 4.53. The van der Waals surface area contributed by atoms with E-state index >= 15 is 0 Å². The lowest BCUT2D eigenvalue weighted by atomic mass is 10.2. The van der Waals surface area contributed by atoms with Crippen molar-refractivity contribution in [2.45, 2.75) is 6.92 Å². The molecule has 5 nitrogen and oxygen atoms in total. The maximum absolute atomic E-state index is 5.64. The molecule has 0 unspecified atom stereocenters. The van der Waals surface area contributed by atoms with Gasteiger partial charge in [-0.15, -0.1) is 0 Å². The Balaban J connectivity index is 1.97. The fourth-order valence-electron chi connectivity index (χ4n) is 1.73. The van der Waals surface area contributed by atoms with Crippen LogP contribution in [0.15, 0.2) is 47.1 Å². The van der Waals surface area contributed by atoms with Crippen molar-refractivity contribution >= 4 is 5.69 Å². The van der Waals surface area contributed by atoms with Gasteiger partial charge in [0.15, 0.2) is 0 Å². The van der Waals surface area contributed by atoms with E-state index in [2.05, 4.69) is 15.1 Å². The van der Waals surface area contributed by atoms with Crippen LogP contribution in [-0.2, 0) is 0 Å². The van der Waals surface area contributed by atoms with E-state index in [1.54, 1.807) is 18.3 Å². The van der Waals surface area contributed by atoms with Crippen molar-refractivity contribution in [3.8, 4) is 23.0 Å². The SMILES string of the molecule is Cc1ccnc(-c2noc(-c3ccc(N)cc3)n2)c1. The van der Waals surface area contributed by atoms with Gasteiger partial charge in [0, 0.05) is 17.4 Å². The number of nitrogen functional groups attached to an aromatic ring is 1. The average Bonchev–Trinajstić information content (AvgIpc) is 2.89. The summed E-state index contributed by atoms with van der Waals surface area (Å²) in [4.78, 5) is 8.57. The third-order valence-electron chi connectivity index (χ3n) is 2.73. The number of rotatable bonds is 2. The van der Waals surface area contributed by atoms with Crippen LogP contribution in [0.3, 0.4) is 0 Å². The zero-order chi connectivity index (χ0) is 13.2.